The minimum Gasteiger partial charge on any atom is -0.302 e. The molecule has 0 fully saturated rings. The molecule has 1 heterocycles. The zero-order valence-electron chi connectivity index (χ0n) is 10.4. The summed E-state index contributed by atoms with van der Waals surface area (Å²) in [5.41, 5.74) is 1.67. The third-order valence-corrected chi connectivity index (χ3v) is 4.13. The molecule has 0 radical (unpaired) electrons. The fraction of sp³-hybridized carbons (Fsp3) is 0.231. The Morgan fingerprint density at radius 1 is 1.47 bits per heavy atom. The van der Waals surface area contributed by atoms with Gasteiger partial charge in [0.1, 0.15) is 0 Å². The van der Waals surface area contributed by atoms with Crippen LogP contribution < -0.4 is 5.32 Å². The molecule has 19 heavy (non-hydrogen) atoms. The molecule has 0 atom stereocenters. The molecule has 0 saturated carbocycles. The lowest BCUT2D eigenvalue weighted by Crippen LogP contribution is -2.11. The number of carbonyl (C=O) groups is 1. The van der Waals surface area contributed by atoms with E-state index in [0.29, 0.717) is 16.6 Å². The lowest BCUT2D eigenvalue weighted by atomic mass is 10.2. The van der Waals surface area contributed by atoms with Crippen molar-refractivity contribution >= 4 is 45.7 Å². The van der Waals surface area contributed by atoms with Crippen LogP contribution in [0.1, 0.15) is 6.42 Å². The molecule has 1 amide bonds. The van der Waals surface area contributed by atoms with E-state index in [0.717, 1.165) is 17.0 Å². The number of anilines is 1. The van der Waals surface area contributed by atoms with Crippen LogP contribution in [-0.4, -0.2) is 22.9 Å². The molecule has 1 aromatic carbocycles. The van der Waals surface area contributed by atoms with E-state index >= 15 is 0 Å². The third-order valence-electron chi connectivity index (χ3n) is 2.43. The first-order chi connectivity index (χ1) is 9.20. The quantitative estimate of drug-likeness (QED) is 0.901. The number of halogens is 1. The molecule has 0 aliphatic heterocycles. The van der Waals surface area contributed by atoms with E-state index in [1.54, 1.807) is 11.8 Å². The summed E-state index contributed by atoms with van der Waals surface area (Å²) in [5, 5.41) is 5.96. The first kappa shape index (κ1) is 14.4. The van der Waals surface area contributed by atoms with Crippen molar-refractivity contribution < 1.29 is 4.79 Å². The molecule has 2 aromatic rings. The molecule has 0 spiro atoms. The highest BCUT2D eigenvalue weighted by Crippen LogP contribution is 2.30. The van der Waals surface area contributed by atoms with Gasteiger partial charge in [-0.2, -0.15) is 11.8 Å². The Balaban J connectivity index is 2.07. The van der Waals surface area contributed by atoms with Gasteiger partial charge in [0.2, 0.25) is 5.91 Å². The van der Waals surface area contributed by atoms with Crippen molar-refractivity contribution in [1.29, 1.82) is 0 Å². The lowest BCUT2D eigenvalue weighted by molar-refractivity contribution is -0.115. The maximum atomic E-state index is 11.6. The average Bonchev–Trinajstić information content (AvgIpc) is 2.85. The number of nitrogens with one attached hydrogen (secondary N) is 1. The van der Waals surface area contributed by atoms with Crippen LogP contribution in [0.15, 0.2) is 29.6 Å². The van der Waals surface area contributed by atoms with Gasteiger partial charge < -0.3 is 5.32 Å². The van der Waals surface area contributed by atoms with Gasteiger partial charge in [-0.25, -0.2) is 4.98 Å². The molecule has 0 aliphatic rings. The first-order valence-electron chi connectivity index (χ1n) is 5.70. The number of benzene rings is 1. The van der Waals surface area contributed by atoms with Crippen LogP contribution in [0, 0.1) is 0 Å². The Morgan fingerprint density at radius 3 is 3.00 bits per heavy atom. The van der Waals surface area contributed by atoms with Gasteiger partial charge in [0.05, 0.1) is 5.69 Å². The van der Waals surface area contributed by atoms with Gasteiger partial charge >= 0.3 is 0 Å². The molecule has 0 saturated heterocycles. The Morgan fingerprint density at radius 2 is 2.26 bits per heavy atom. The summed E-state index contributed by atoms with van der Waals surface area (Å²) in [6.07, 6.45) is 2.48. The van der Waals surface area contributed by atoms with Crippen LogP contribution >= 0.6 is 34.7 Å². The SMILES string of the molecule is CSCCC(=O)Nc1nc(-c2ccccc2Cl)cs1. The summed E-state index contributed by atoms with van der Waals surface area (Å²) >= 11 is 9.17. The summed E-state index contributed by atoms with van der Waals surface area (Å²) in [6, 6.07) is 7.53. The molecule has 2 rings (SSSR count). The monoisotopic (exact) mass is 312 g/mol. The largest absolute Gasteiger partial charge is 0.302 e. The van der Waals surface area contributed by atoms with Crippen molar-refractivity contribution in [3.05, 3.63) is 34.7 Å². The molecule has 1 aromatic heterocycles. The van der Waals surface area contributed by atoms with Gasteiger partial charge in [-0.3, -0.25) is 4.79 Å². The van der Waals surface area contributed by atoms with Gasteiger partial charge in [-0.15, -0.1) is 11.3 Å². The summed E-state index contributed by atoms with van der Waals surface area (Å²) in [4.78, 5) is 16.0. The number of carbonyl (C=O) groups excluding carboxylic acids is 1. The van der Waals surface area contributed by atoms with E-state index in [1.807, 2.05) is 35.9 Å². The molecule has 3 nitrogen and oxygen atoms in total. The predicted molar refractivity (Wildman–Crippen MR) is 84.2 cm³/mol. The number of aromatic nitrogens is 1. The second-order valence-electron chi connectivity index (χ2n) is 3.81. The van der Waals surface area contributed by atoms with Gasteiger partial charge in [0.15, 0.2) is 5.13 Å². The minimum absolute atomic E-state index is 0.00518. The van der Waals surface area contributed by atoms with Crippen molar-refractivity contribution in [2.75, 3.05) is 17.3 Å². The summed E-state index contributed by atoms with van der Waals surface area (Å²) in [7, 11) is 0. The van der Waals surface area contributed by atoms with Crippen molar-refractivity contribution in [2.24, 2.45) is 0 Å². The zero-order chi connectivity index (χ0) is 13.7. The van der Waals surface area contributed by atoms with Crippen LogP contribution in [0.4, 0.5) is 5.13 Å². The van der Waals surface area contributed by atoms with E-state index in [9.17, 15) is 4.79 Å². The Hall–Kier alpha value is -1.04. The maximum absolute atomic E-state index is 11.6. The zero-order valence-corrected chi connectivity index (χ0v) is 12.7. The second-order valence-corrected chi connectivity index (χ2v) is 6.06. The molecule has 0 aliphatic carbocycles. The maximum Gasteiger partial charge on any atom is 0.226 e. The van der Waals surface area contributed by atoms with Crippen molar-refractivity contribution in [1.82, 2.24) is 4.98 Å². The van der Waals surface area contributed by atoms with E-state index in [4.69, 9.17) is 11.6 Å². The molecule has 1 N–H and O–H groups in total. The highest BCUT2D eigenvalue weighted by molar-refractivity contribution is 7.98. The number of hydrogen-bond acceptors (Lipinski definition) is 4. The lowest BCUT2D eigenvalue weighted by Gasteiger charge is -2.00. The Bertz CT molecular complexity index is 571. The highest BCUT2D eigenvalue weighted by atomic mass is 35.5. The molecule has 0 unspecified atom stereocenters. The Labute approximate surface area is 125 Å². The smallest absolute Gasteiger partial charge is 0.226 e. The number of thiazole rings is 1. The fourth-order valence-electron chi connectivity index (χ4n) is 1.50. The molecular formula is C13H13ClN2OS2. The normalized spacial score (nSPS) is 10.4. The number of thioether (sulfide) groups is 1. The van der Waals surface area contributed by atoms with Crippen molar-refractivity contribution in [3.63, 3.8) is 0 Å². The highest BCUT2D eigenvalue weighted by Gasteiger charge is 2.09. The summed E-state index contributed by atoms with van der Waals surface area (Å²) < 4.78 is 0. The van der Waals surface area contributed by atoms with Gasteiger partial charge in [0.25, 0.3) is 0 Å². The second kappa shape index (κ2) is 6.93. The summed E-state index contributed by atoms with van der Waals surface area (Å²) in [5.74, 6) is 0.809. The number of hydrogen-bond donors (Lipinski definition) is 1. The molecule has 6 heteroatoms. The van der Waals surface area contributed by atoms with Crippen LogP contribution in [0.25, 0.3) is 11.3 Å². The topological polar surface area (TPSA) is 42.0 Å². The minimum atomic E-state index is -0.00518. The van der Waals surface area contributed by atoms with Gasteiger partial charge in [0, 0.05) is 28.1 Å². The predicted octanol–water partition coefficient (Wildman–Crippen LogP) is 4.16. The number of rotatable bonds is 5. The number of amides is 1. The molecule has 0 bridgehead atoms. The third kappa shape index (κ3) is 3.96. The van der Waals surface area contributed by atoms with Gasteiger partial charge in [-0.1, -0.05) is 29.8 Å². The van der Waals surface area contributed by atoms with Crippen LogP contribution in [0.5, 0.6) is 0 Å². The van der Waals surface area contributed by atoms with Crippen LogP contribution in [0.2, 0.25) is 5.02 Å². The van der Waals surface area contributed by atoms with E-state index in [-0.39, 0.29) is 5.91 Å². The van der Waals surface area contributed by atoms with Crippen molar-refractivity contribution in [3.8, 4) is 11.3 Å². The van der Waals surface area contributed by atoms with Crippen LogP contribution in [0.3, 0.4) is 0 Å². The van der Waals surface area contributed by atoms with Crippen LogP contribution in [-0.2, 0) is 4.79 Å². The standard InChI is InChI=1S/C13H13ClN2OS2/c1-18-7-6-12(17)16-13-15-11(8-19-13)9-4-2-3-5-10(9)14/h2-5,8H,6-7H2,1H3,(H,15,16,17). The Kier molecular flexibility index (Phi) is 5.24. The van der Waals surface area contributed by atoms with E-state index in [1.165, 1.54) is 11.3 Å². The fourth-order valence-corrected chi connectivity index (χ4v) is 2.85. The summed E-state index contributed by atoms with van der Waals surface area (Å²) in [6.45, 7) is 0. The molecule has 100 valence electrons. The van der Waals surface area contributed by atoms with E-state index in [2.05, 4.69) is 10.3 Å². The average molecular weight is 313 g/mol. The number of nitrogens with zero attached hydrogens (tertiary/aromatic N) is 1. The van der Waals surface area contributed by atoms with Gasteiger partial charge in [-0.05, 0) is 12.3 Å². The van der Waals surface area contributed by atoms with Crippen molar-refractivity contribution in [2.45, 2.75) is 6.42 Å². The first-order valence-corrected chi connectivity index (χ1v) is 8.35. The van der Waals surface area contributed by atoms with E-state index < -0.39 is 0 Å². The molecular weight excluding hydrogens is 300 g/mol.